The lowest BCUT2D eigenvalue weighted by Crippen LogP contribution is -2.78. The first kappa shape index (κ1) is 15.3. The lowest BCUT2D eigenvalue weighted by Gasteiger charge is -2.72. The molecule has 5 rings (SSSR count). The zero-order valence-corrected chi connectivity index (χ0v) is 13.6. The van der Waals surface area contributed by atoms with E-state index in [1.165, 1.54) is 13.2 Å². The molecule has 2 heterocycles. The molecule has 3 aliphatic carbocycles. The highest BCUT2D eigenvalue weighted by atomic mass is 16.6. The molecular weight excluding hydrogens is 312 g/mol. The van der Waals surface area contributed by atoms with Gasteiger partial charge in [0.1, 0.15) is 0 Å². The van der Waals surface area contributed by atoms with Crippen LogP contribution in [-0.4, -0.2) is 59.6 Å². The molecule has 1 aromatic heterocycles. The maximum Gasteiger partial charge on any atom is 0.363 e. The molecule has 0 spiro atoms. The molecule has 0 unspecified atom stereocenters. The van der Waals surface area contributed by atoms with E-state index in [0.717, 1.165) is 51.1 Å². The third-order valence-corrected chi connectivity index (χ3v) is 5.86. The van der Waals surface area contributed by atoms with Crippen molar-refractivity contribution in [2.24, 2.45) is 5.41 Å². The van der Waals surface area contributed by atoms with Crippen molar-refractivity contribution in [2.45, 2.75) is 24.8 Å². The van der Waals surface area contributed by atoms with Gasteiger partial charge < -0.3 is 19.8 Å². The Morgan fingerprint density at radius 1 is 1.25 bits per heavy atom. The minimum Gasteiger partial charge on any atom is -0.469 e. The number of nitro groups is 1. The minimum absolute atomic E-state index is 0.0556. The summed E-state index contributed by atoms with van der Waals surface area (Å²) in [6, 6.07) is 3.21. The standard InChI is InChI=1S/C16H20N4O4/c1-24-14(21)15-9-16(10-15,11-15)19-6-4-18(5-7-19)12-2-3-13(17-8-12)20(22)23/h2-3,8H,4-7,9-11H2,1H3. The smallest absolute Gasteiger partial charge is 0.363 e. The zero-order valence-electron chi connectivity index (χ0n) is 13.6. The molecular formula is C16H20N4O4. The molecule has 4 aliphatic rings. The Hall–Kier alpha value is -2.22. The molecule has 128 valence electrons. The van der Waals surface area contributed by atoms with Crippen LogP contribution in [0, 0.1) is 15.5 Å². The number of hydrogen-bond acceptors (Lipinski definition) is 7. The molecule has 8 heteroatoms. The fourth-order valence-electron chi connectivity index (χ4n) is 4.62. The molecule has 0 atom stereocenters. The monoisotopic (exact) mass is 332 g/mol. The number of ether oxygens (including phenoxy) is 1. The second-order valence-electron chi connectivity index (χ2n) is 7.13. The number of aromatic nitrogens is 1. The van der Waals surface area contributed by atoms with E-state index in [0.29, 0.717) is 0 Å². The number of esters is 1. The van der Waals surface area contributed by atoms with Crippen LogP contribution in [-0.2, 0) is 9.53 Å². The number of nitrogens with zero attached hydrogens (tertiary/aromatic N) is 4. The summed E-state index contributed by atoms with van der Waals surface area (Å²) < 4.78 is 4.91. The number of anilines is 1. The van der Waals surface area contributed by atoms with E-state index in [9.17, 15) is 14.9 Å². The summed E-state index contributed by atoms with van der Waals surface area (Å²) in [4.78, 5) is 30.6. The normalized spacial score (nSPS) is 31.8. The van der Waals surface area contributed by atoms with Gasteiger partial charge in [-0.25, -0.2) is 0 Å². The Morgan fingerprint density at radius 2 is 1.92 bits per heavy atom. The predicted octanol–water partition coefficient (Wildman–Crippen LogP) is 1.21. The first-order valence-electron chi connectivity index (χ1n) is 8.17. The van der Waals surface area contributed by atoms with Gasteiger partial charge in [-0.1, -0.05) is 0 Å². The van der Waals surface area contributed by atoms with Crippen LogP contribution in [0.3, 0.4) is 0 Å². The van der Waals surface area contributed by atoms with E-state index < -0.39 is 4.92 Å². The summed E-state index contributed by atoms with van der Waals surface area (Å²) in [5.41, 5.74) is 0.922. The average molecular weight is 332 g/mol. The van der Waals surface area contributed by atoms with Crippen molar-refractivity contribution in [1.29, 1.82) is 0 Å². The first-order chi connectivity index (χ1) is 11.5. The Labute approximate surface area is 139 Å². The summed E-state index contributed by atoms with van der Waals surface area (Å²) in [6.07, 6.45) is 4.34. The highest BCUT2D eigenvalue weighted by molar-refractivity contribution is 5.82. The van der Waals surface area contributed by atoms with Gasteiger partial charge in [0.25, 0.3) is 0 Å². The number of carbonyl (C=O) groups excluding carboxylic acids is 1. The molecule has 2 bridgehead atoms. The zero-order chi connectivity index (χ0) is 16.9. The largest absolute Gasteiger partial charge is 0.469 e. The van der Waals surface area contributed by atoms with Gasteiger partial charge in [-0.05, 0) is 35.2 Å². The molecule has 4 fully saturated rings. The van der Waals surface area contributed by atoms with Crippen molar-refractivity contribution < 1.29 is 14.5 Å². The van der Waals surface area contributed by atoms with Crippen LogP contribution in [0.2, 0.25) is 0 Å². The molecule has 0 amide bonds. The Balaban J connectivity index is 1.34. The summed E-state index contributed by atoms with van der Waals surface area (Å²) in [7, 11) is 1.46. The Bertz CT molecular complexity index is 662. The third kappa shape index (κ3) is 2.09. The fourth-order valence-corrected chi connectivity index (χ4v) is 4.62. The highest BCUT2D eigenvalue weighted by Gasteiger charge is 2.74. The lowest BCUT2D eigenvalue weighted by molar-refractivity contribution is -0.389. The first-order valence-corrected chi connectivity index (χ1v) is 8.17. The van der Waals surface area contributed by atoms with Crippen LogP contribution in [0.15, 0.2) is 18.3 Å². The fraction of sp³-hybridized carbons (Fsp3) is 0.625. The number of piperazine rings is 1. The van der Waals surface area contributed by atoms with Crippen LogP contribution in [0.5, 0.6) is 0 Å². The average Bonchev–Trinajstić information content (AvgIpc) is 2.53. The molecule has 8 nitrogen and oxygen atoms in total. The quantitative estimate of drug-likeness (QED) is 0.465. The number of hydrogen-bond donors (Lipinski definition) is 0. The van der Waals surface area contributed by atoms with Crippen LogP contribution in [0.25, 0.3) is 0 Å². The molecule has 1 saturated heterocycles. The number of carbonyl (C=O) groups is 1. The topological polar surface area (TPSA) is 88.8 Å². The van der Waals surface area contributed by atoms with E-state index in [1.807, 2.05) is 0 Å². The molecule has 0 aromatic carbocycles. The van der Waals surface area contributed by atoms with Crippen molar-refractivity contribution in [3.63, 3.8) is 0 Å². The second kappa shape index (κ2) is 5.14. The van der Waals surface area contributed by atoms with Crippen molar-refractivity contribution in [3.8, 4) is 0 Å². The summed E-state index contributed by atoms with van der Waals surface area (Å²) >= 11 is 0. The summed E-state index contributed by atoms with van der Waals surface area (Å²) in [5.74, 6) is -0.181. The van der Waals surface area contributed by atoms with Gasteiger partial charge in [0.15, 0.2) is 6.20 Å². The maximum absolute atomic E-state index is 11.8. The summed E-state index contributed by atoms with van der Waals surface area (Å²) in [5, 5.41) is 10.7. The predicted molar refractivity (Wildman–Crippen MR) is 85.7 cm³/mol. The number of pyridine rings is 1. The Morgan fingerprint density at radius 3 is 2.42 bits per heavy atom. The summed E-state index contributed by atoms with van der Waals surface area (Å²) in [6.45, 7) is 3.61. The molecule has 24 heavy (non-hydrogen) atoms. The molecule has 1 aliphatic heterocycles. The minimum atomic E-state index is -0.484. The van der Waals surface area contributed by atoms with Crippen molar-refractivity contribution in [1.82, 2.24) is 9.88 Å². The van der Waals surface area contributed by atoms with Gasteiger partial charge in [-0.2, -0.15) is 0 Å². The lowest BCUT2D eigenvalue weighted by atomic mass is 9.38. The molecule has 0 radical (unpaired) electrons. The van der Waals surface area contributed by atoms with Gasteiger partial charge in [-0.3, -0.25) is 9.69 Å². The highest BCUT2D eigenvalue weighted by Crippen LogP contribution is 2.70. The van der Waals surface area contributed by atoms with E-state index in [4.69, 9.17) is 4.74 Å². The van der Waals surface area contributed by atoms with Crippen LogP contribution in [0.4, 0.5) is 11.5 Å². The van der Waals surface area contributed by atoms with E-state index in [-0.39, 0.29) is 22.7 Å². The van der Waals surface area contributed by atoms with Crippen LogP contribution < -0.4 is 4.90 Å². The molecule has 0 N–H and O–H groups in total. The molecule has 3 saturated carbocycles. The van der Waals surface area contributed by atoms with Crippen molar-refractivity contribution in [2.75, 3.05) is 38.2 Å². The van der Waals surface area contributed by atoms with Crippen LogP contribution in [0.1, 0.15) is 19.3 Å². The van der Waals surface area contributed by atoms with E-state index in [1.54, 1.807) is 12.3 Å². The van der Waals surface area contributed by atoms with Gasteiger partial charge >= 0.3 is 11.8 Å². The molecule has 1 aromatic rings. The third-order valence-electron chi connectivity index (χ3n) is 5.86. The van der Waals surface area contributed by atoms with Gasteiger partial charge in [0.05, 0.1) is 18.2 Å². The van der Waals surface area contributed by atoms with E-state index in [2.05, 4.69) is 14.8 Å². The second-order valence-corrected chi connectivity index (χ2v) is 7.13. The van der Waals surface area contributed by atoms with Crippen molar-refractivity contribution in [3.05, 3.63) is 28.4 Å². The van der Waals surface area contributed by atoms with Gasteiger partial charge in [0.2, 0.25) is 0 Å². The number of rotatable bonds is 4. The number of methoxy groups -OCH3 is 1. The SMILES string of the molecule is COC(=O)C12CC(N3CCN(c4ccc([N+](=O)[O-])nc4)CC3)(C1)C2. The van der Waals surface area contributed by atoms with Crippen LogP contribution >= 0.6 is 0 Å². The van der Waals surface area contributed by atoms with E-state index >= 15 is 0 Å². The van der Waals surface area contributed by atoms with Gasteiger partial charge in [-0.15, -0.1) is 0 Å². The van der Waals surface area contributed by atoms with Crippen molar-refractivity contribution >= 4 is 17.5 Å². The maximum atomic E-state index is 11.8. The Kier molecular flexibility index (Phi) is 3.28. The van der Waals surface area contributed by atoms with Gasteiger partial charge in [0, 0.05) is 37.8 Å².